The molecule has 0 aliphatic carbocycles. The van der Waals surface area contributed by atoms with Gasteiger partial charge in [0.15, 0.2) is 0 Å². The van der Waals surface area contributed by atoms with Crippen LogP contribution in [0.4, 0.5) is 17.8 Å². The molecule has 0 radical (unpaired) electrons. The molecule has 15 heteroatoms. The molecule has 0 aromatic carbocycles. The van der Waals surface area contributed by atoms with Crippen LogP contribution in [0.2, 0.25) is 0 Å². The van der Waals surface area contributed by atoms with Crippen LogP contribution in [0.3, 0.4) is 0 Å². The Morgan fingerprint density at radius 2 is 0.700 bits per heavy atom. The van der Waals surface area contributed by atoms with E-state index in [0.29, 0.717) is 38.5 Å². The summed E-state index contributed by atoms with van der Waals surface area (Å²) in [5.74, 6) is -1.86. The topological polar surface area (TPSA) is 190 Å². The van der Waals surface area contributed by atoms with Gasteiger partial charge in [-0.25, -0.2) is 14.4 Å². The predicted molar refractivity (Wildman–Crippen MR) is 238 cm³/mol. The van der Waals surface area contributed by atoms with Crippen LogP contribution >= 0.6 is 0 Å². The molecule has 3 aliphatic rings. The minimum Gasteiger partial charge on any atom is -0.460 e. The Labute approximate surface area is 358 Å². The normalized spacial score (nSPS) is 23.4. The molecule has 3 aliphatic heterocycles. The number of esters is 3. The summed E-state index contributed by atoms with van der Waals surface area (Å²) >= 11 is 0. The summed E-state index contributed by atoms with van der Waals surface area (Å²) in [5.41, 5.74) is -1.78. The second kappa shape index (κ2) is 18.9. The SMILES string of the molecule is C=CCOC(=O)C(Nc1nc(NC(C(=O)OCC=C)C2CC(C)(C)NC(C)(C)C2)nc(NC(C(=O)OCC=C)C2CC(C)(C)NC(C)(C)C2)n1)C1CC(C)(C)NC(C)(C)C1. The molecule has 1 aromatic heterocycles. The second-order valence-corrected chi connectivity index (χ2v) is 21.1. The van der Waals surface area contributed by atoms with Crippen molar-refractivity contribution in [2.24, 2.45) is 17.8 Å². The van der Waals surface area contributed by atoms with Gasteiger partial charge in [-0.05, 0) is 139 Å². The van der Waals surface area contributed by atoms with Gasteiger partial charge in [0.25, 0.3) is 0 Å². The van der Waals surface area contributed by atoms with Crippen molar-refractivity contribution in [2.75, 3.05) is 35.8 Å². The Balaban J connectivity index is 1.87. The Morgan fingerprint density at radius 3 is 0.883 bits per heavy atom. The predicted octanol–water partition coefficient (Wildman–Crippen LogP) is 6.07. The van der Waals surface area contributed by atoms with Crippen LogP contribution < -0.4 is 31.9 Å². The van der Waals surface area contributed by atoms with Crippen molar-refractivity contribution in [3.63, 3.8) is 0 Å². The van der Waals surface area contributed by atoms with Crippen LogP contribution in [-0.4, -0.2) is 104 Å². The smallest absolute Gasteiger partial charge is 0.329 e. The first-order valence-corrected chi connectivity index (χ1v) is 21.4. The molecule has 0 bridgehead atoms. The summed E-state index contributed by atoms with van der Waals surface area (Å²) in [5, 5.41) is 21.1. The third-order valence-corrected chi connectivity index (χ3v) is 11.4. The maximum Gasteiger partial charge on any atom is 0.329 e. The van der Waals surface area contributed by atoms with Crippen molar-refractivity contribution in [1.29, 1.82) is 0 Å². The highest BCUT2D eigenvalue weighted by Gasteiger charge is 2.47. The van der Waals surface area contributed by atoms with E-state index >= 15 is 0 Å². The molecule has 4 rings (SSSR count). The molecule has 336 valence electrons. The summed E-state index contributed by atoms with van der Waals surface area (Å²) in [4.78, 5) is 56.4. The standard InChI is InChI=1S/C45H75N9O6/c1-16-19-58-34(55)31(28-22-40(4,5)52-41(6,7)23-28)46-37-49-38(47-32(35(56)59-20-17-2)29-24-42(8,9)53-43(10,11)25-29)51-39(50-37)48-33(36(57)60-21-18-3)30-26-44(12,13)54-45(14,15)27-30/h16-18,28-33,52-54H,1-3,19-27H2,4-15H3,(H3,46,47,48,49,50,51). The number of piperidine rings is 3. The maximum atomic E-state index is 14.0. The van der Waals surface area contributed by atoms with Crippen LogP contribution in [0.5, 0.6) is 0 Å². The highest BCUT2D eigenvalue weighted by molar-refractivity contribution is 5.81. The minimum absolute atomic E-state index is 0.0282. The average Bonchev–Trinajstić information content (AvgIpc) is 3.08. The molecule has 3 unspecified atom stereocenters. The summed E-state index contributed by atoms with van der Waals surface area (Å²) in [6.45, 7) is 36.7. The molecule has 1 aromatic rings. The lowest BCUT2D eigenvalue weighted by atomic mass is 9.73. The third-order valence-electron chi connectivity index (χ3n) is 11.4. The van der Waals surface area contributed by atoms with Gasteiger partial charge < -0.3 is 46.1 Å². The fourth-order valence-corrected chi connectivity index (χ4v) is 10.7. The molecular formula is C45H75N9O6. The first kappa shape index (κ1) is 48.6. The van der Waals surface area contributed by atoms with E-state index in [2.05, 4.69) is 135 Å². The number of aromatic nitrogens is 3. The number of hydrogen-bond donors (Lipinski definition) is 6. The number of carbonyl (C=O) groups is 3. The van der Waals surface area contributed by atoms with Gasteiger partial charge in [0.05, 0.1) is 0 Å². The lowest BCUT2D eigenvalue weighted by Gasteiger charge is -2.48. The van der Waals surface area contributed by atoms with Crippen molar-refractivity contribution < 1.29 is 28.6 Å². The molecule has 6 N–H and O–H groups in total. The first-order chi connectivity index (χ1) is 27.7. The Hall–Kier alpha value is -4.08. The monoisotopic (exact) mass is 838 g/mol. The molecule has 60 heavy (non-hydrogen) atoms. The number of anilines is 3. The maximum absolute atomic E-state index is 14.0. The fourth-order valence-electron chi connectivity index (χ4n) is 10.7. The number of nitrogens with zero attached hydrogens (tertiary/aromatic N) is 3. The van der Waals surface area contributed by atoms with Gasteiger partial charge in [-0.3, -0.25) is 0 Å². The Kier molecular flexibility index (Phi) is 15.3. The minimum atomic E-state index is -0.868. The summed E-state index contributed by atoms with van der Waals surface area (Å²) in [7, 11) is 0. The number of rotatable bonds is 18. The van der Waals surface area contributed by atoms with E-state index in [1.165, 1.54) is 18.2 Å². The molecule has 0 amide bonds. The van der Waals surface area contributed by atoms with E-state index in [1.54, 1.807) is 0 Å². The van der Waals surface area contributed by atoms with Gasteiger partial charge in [0.1, 0.15) is 37.9 Å². The van der Waals surface area contributed by atoms with E-state index in [-0.39, 0.29) is 88.7 Å². The Morgan fingerprint density at radius 1 is 0.500 bits per heavy atom. The van der Waals surface area contributed by atoms with E-state index in [0.717, 1.165) is 0 Å². The number of carbonyl (C=O) groups excluding carboxylic acids is 3. The Bertz CT molecular complexity index is 1470. The summed E-state index contributed by atoms with van der Waals surface area (Å²) < 4.78 is 17.1. The fraction of sp³-hybridized carbons (Fsp3) is 0.733. The van der Waals surface area contributed by atoms with Gasteiger partial charge in [-0.15, -0.1) is 0 Å². The van der Waals surface area contributed by atoms with Crippen LogP contribution in [0.1, 0.15) is 122 Å². The lowest BCUT2D eigenvalue weighted by Crippen LogP contribution is -2.61. The van der Waals surface area contributed by atoms with Crippen molar-refractivity contribution >= 4 is 35.8 Å². The van der Waals surface area contributed by atoms with Gasteiger partial charge >= 0.3 is 17.9 Å². The van der Waals surface area contributed by atoms with Crippen LogP contribution in [0.15, 0.2) is 38.0 Å². The van der Waals surface area contributed by atoms with Crippen LogP contribution in [0.25, 0.3) is 0 Å². The number of nitrogens with one attached hydrogen (secondary N) is 6. The highest BCUT2D eigenvalue weighted by atomic mass is 16.5. The van der Waals surface area contributed by atoms with E-state index in [9.17, 15) is 14.4 Å². The molecule has 0 spiro atoms. The van der Waals surface area contributed by atoms with Crippen molar-refractivity contribution in [2.45, 2.75) is 173 Å². The molecule has 4 heterocycles. The van der Waals surface area contributed by atoms with Crippen LogP contribution in [0, 0.1) is 17.8 Å². The van der Waals surface area contributed by atoms with Gasteiger partial charge in [-0.1, -0.05) is 38.0 Å². The summed E-state index contributed by atoms with van der Waals surface area (Å²) in [6, 6.07) is -2.60. The molecule has 0 saturated carbocycles. The van der Waals surface area contributed by atoms with E-state index < -0.39 is 36.0 Å². The zero-order valence-corrected chi connectivity index (χ0v) is 38.5. The summed E-state index contributed by atoms with van der Waals surface area (Å²) in [6.07, 6.45) is 8.48. The highest BCUT2D eigenvalue weighted by Crippen LogP contribution is 2.39. The van der Waals surface area contributed by atoms with Gasteiger partial charge in [0.2, 0.25) is 17.8 Å². The van der Waals surface area contributed by atoms with E-state index in [1.807, 2.05) is 0 Å². The molecular weight excluding hydrogens is 763 g/mol. The number of hydrogen-bond acceptors (Lipinski definition) is 15. The number of ether oxygens (including phenoxy) is 3. The van der Waals surface area contributed by atoms with E-state index in [4.69, 9.17) is 29.2 Å². The molecule has 3 atom stereocenters. The molecule has 3 saturated heterocycles. The molecule has 15 nitrogen and oxygen atoms in total. The van der Waals surface area contributed by atoms with Gasteiger partial charge in [0, 0.05) is 33.2 Å². The first-order valence-electron chi connectivity index (χ1n) is 21.4. The van der Waals surface area contributed by atoms with Crippen LogP contribution in [-0.2, 0) is 28.6 Å². The lowest BCUT2D eigenvalue weighted by molar-refractivity contribution is -0.146. The van der Waals surface area contributed by atoms with Gasteiger partial charge in [-0.2, -0.15) is 15.0 Å². The quantitative estimate of drug-likeness (QED) is 0.0567. The third kappa shape index (κ3) is 14.0. The average molecular weight is 838 g/mol. The van der Waals surface area contributed by atoms with Crippen molar-refractivity contribution in [1.82, 2.24) is 30.9 Å². The zero-order valence-electron chi connectivity index (χ0n) is 38.5. The second-order valence-electron chi connectivity index (χ2n) is 21.1. The zero-order chi connectivity index (χ0) is 44.9. The molecule has 3 fully saturated rings. The van der Waals surface area contributed by atoms with Crippen molar-refractivity contribution in [3.8, 4) is 0 Å². The van der Waals surface area contributed by atoms with Crippen molar-refractivity contribution in [3.05, 3.63) is 38.0 Å². The largest absolute Gasteiger partial charge is 0.460 e.